The predicted octanol–water partition coefficient (Wildman–Crippen LogP) is 0.669. The minimum absolute atomic E-state index is 0.197. The third-order valence-corrected chi connectivity index (χ3v) is 1.84. The van der Waals surface area contributed by atoms with Crippen LogP contribution in [0.25, 0.3) is 5.69 Å². The summed E-state index contributed by atoms with van der Waals surface area (Å²) in [7, 11) is 0. The summed E-state index contributed by atoms with van der Waals surface area (Å²) in [4.78, 5) is 12.0. The van der Waals surface area contributed by atoms with Crippen LogP contribution in [-0.4, -0.2) is 31.3 Å². The fourth-order valence-corrected chi connectivity index (χ4v) is 1.16. The molecule has 0 aliphatic carbocycles. The number of aromatic carboxylic acids is 1. The second kappa shape index (κ2) is 3.49. The van der Waals surface area contributed by atoms with Crippen LogP contribution in [0.2, 0.25) is 0 Å². The Morgan fingerprint density at radius 2 is 2.27 bits per heavy atom. The maximum absolute atomic E-state index is 10.7. The zero-order valence-corrected chi connectivity index (χ0v) is 7.95. The SMILES string of the molecule is Cc1nnn(-c2cccc(C(=O)O)c2)n1. The molecular weight excluding hydrogens is 196 g/mol. The third kappa shape index (κ3) is 1.83. The fourth-order valence-electron chi connectivity index (χ4n) is 1.16. The highest BCUT2D eigenvalue weighted by atomic mass is 16.4. The molecule has 0 atom stereocenters. The highest BCUT2D eigenvalue weighted by Crippen LogP contribution is 2.08. The summed E-state index contributed by atoms with van der Waals surface area (Å²) in [6.07, 6.45) is 0. The zero-order chi connectivity index (χ0) is 10.8. The van der Waals surface area contributed by atoms with Gasteiger partial charge >= 0.3 is 5.97 Å². The van der Waals surface area contributed by atoms with Crippen LogP contribution in [-0.2, 0) is 0 Å². The first kappa shape index (κ1) is 9.32. The number of tetrazole rings is 1. The summed E-state index contributed by atoms with van der Waals surface area (Å²) in [6.45, 7) is 1.71. The summed E-state index contributed by atoms with van der Waals surface area (Å²) < 4.78 is 0. The molecule has 1 heterocycles. The van der Waals surface area contributed by atoms with E-state index in [1.807, 2.05) is 0 Å². The van der Waals surface area contributed by atoms with Gasteiger partial charge in [0, 0.05) is 0 Å². The Kier molecular flexibility index (Phi) is 2.17. The number of nitrogens with zero attached hydrogens (tertiary/aromatic N) is 4. The van der Waals surface area contributed by atoms with Gasteiger partial charge in [-0.2, -0.15) is 0 Å². The molecule has 0 aliphatic heterocycles. The first-order valence-corrected chi connectivity index (χ1v) is 4.27. The number of carbonyl (C=O) groups is 1. The molecule has 0 saturated carbocycles. The Hall–Kier alpha value is -2.24. The van der Waals surface area contributed by atoms with E-state index in [1.54, 1.807) is 19.1 Å². The number of carboxylic acid groups (broad SMARTS) is 1. The van der Waals surface area contributed by atoms with E-state index < -0.39 is 5.97 Å². The molecule has 15 heavy (non-hydrogen) atoms. The van der Waals surface area contributed by atoms with E-state index >= 15 is 0 Å². The Morgan fingerprint density at radius 3 is 2.87 bits per heavy atom. The molecule has 0 amide bonds. The molecular formula is C9H8N4O2. The van der Waals surface area contributed by atoms with Gasteiger partial charge < -0.3 is 5.11 Å². The maximum atomic E-state index is 10.7. The van der Waals surface area contributed by atoms with E-state index in [4.69, 9.17) is 5.11 Å². The minimum atomic E-state index is -0.978. The van der Waals surface area contributed by atoms with Crippen molar-refractivity contribution in [2.75, 3.05) is 0 Å². The van der Waals surface area contributed by atoms with Gasteiger partial charge in [-0.1, -0.05) is 6.07 Å². The average molecular weight is 204 g/mol. The molecule has 6 heteroatoms. The Morgan fingerprint density at radius 1 is 1.47 bits per heavy atom. The van der Waals surface area contributed by atoms with Crippen LogP contribution >= 0.6 is 0 Å². The van der Waals surface area contributed by atoms with Crippen LogP contribution in [0.3, 0.4) is 0 Å². The molecule has 76 valence electrons. The second-order valence-electron chi connectivity index (χ2n) is 2.98. The van der Waals surface area contributed by atoms with Gasteiger partial charge in [0.05, 0.1) is 11.3 Å². The molecule has 0 unspecified atom stereocenters. The van der Waals surface area contributed by atoms with Crippen molar-refractivity contribution in [1.29, 1.82) is 0 Å². The summed E-state index contributed by atoms with van der Waals surface area (Å²) >= 11 is 0. The summed E-state index contributed by atoms with van der Waals surface area (Å²) in [5, 5.41) is 20.2. The Labute approximate surface area is 85.2 Å². The predicted molar refractivity (Wildman–Crippen MR) is 50.9 cm³/mol. The topological polar surface area (TPSA) is 80.9 Å². The molecule has 1 aromatic heterocycles. The van der Waals surface area contributed by atoms with Crippen molar-refractivity contribution in [3.05, 3.63) is 35.7 Å². The lowest BCUT2D eigenvalue weighted by molar-refractivity contribution is 0.0697. The number of hydrogen-bond acceptors (Lipinski definition) is 4. The van der Waals surface area contributed by atoms with Crippen molar-refractivity contribution < 1.29 is 9.90 Å². The molecule has 0 aliphatic rings. The summed E-state index contributed by atoms with van der Waals surface area (Å²) in [6, 6.07) is 6.35. The molecule has 1 aromatic carbocycles. The lowest BCUT2D eigenvalue weighted by Crippen LogP contribution is -2.02. The summed E-state index contributed by atoms with van der Waals surface area (Å²) in [5.74, 6) is -0.440. The third-order valence-electron chi connectivity index (χ3n) is 1.84. The van der Waals surface area contributed by atoms with E-state index in [1.165, 1.54) is 16.9 Å². The molecule has 0 fully saturated rings. The van der Waals surface area contributed by atoms with Crippen LogP contribution < -0.4 is 0 Å². The lowest BCUT2D eigenvalue weighted by atomic mass is 10.2. The Balaban J connectivity index is 2.45. The highest BCUT2D eigenvalue weighted by molar-refractivity contribution is 5.88. The van der Waals surface area contributed by atoms with Crippen molar-refractivity contribution in [2.45, 2.75) is 6.92 Å². The molecule has 2 rings (SSSR count). The van der Waals surface area contributed by atoms with Crippen molar-refractivity contribution >= 4 is 5.97 Å². The number of hydrogen-bond donors (Lipinski definition) is 1. The quantitative estimate of drug-likeness (QED) is 0.777. The van der Waals surface area contributed by atoms with E-state index in [0.717, 1.165) is 0 Å². The molecule has 2 aromatic rings. The zero-order valence-electron chi connectivity index (χ0n) is 7.95. The van der Waals surface area contributed by atoms with Gasteiger partial charge in [-0.05, 0) is 30.3 Å². The molecule has 0 bridgehead atoms. The highest BCUT2D eigenvalue weighted by Gasteiger charge is 2.06. The van der Waals surface area contributed by atoms with Gasteiger partial charge in [0.15, 0.2) is 5.82 Å². The summed E-state index contributed by atoms with van der Waals surface area (Å²) in [5.41, 5.74) is 0.776. The normalized spacial score (nSPS) is 10.2. The van der Waals surface area contributed by atoms with Crippen LogP contribution in [0.4, 0.5) is 0 Å². The molecule has 0 spiro atoms. The van der Waals surface area contributed by atoms with Crippen molar-refractivity contribution in [1.82, 2.24) is 20.2 Å². The standard InChI is InChI=1S/C9H8N4O2/c1-6-10-12-13(11-6)8-4-2-3-7(5-8)9(14)15/h2-5H,1H3,(H,14,15). The number of benzene rings is 1. The fraction of sp³-hybridized carbons (Fsp3) is 0.111. The van der Waals surface area contributed by atoms with Gasteiger partial charge in [-0.25, -0.2) is 4.79 Å². The van der Waals surface area contributed by atoms with E-state index in [9.17, 15) is 4.79 Å². The van der Waals surface area contributed by atoms with Gasteiger partial charge in [0.1, 0.15) is 0 Å². The van der Waals surface area contributed by atoms with Gasteiger partial charge in [0.25, 0.3) is 0 Å². The van der Waals surface area contributed by atoms with E-state index in [2.05, 4.69) is 15.4 Å². The van der Waals surface area contributed by atoms with Crippen molar-refractivity contribution in [3.63, 3.8) is 0 Å². The van der Waals surface area contributed by atoms with E-state index in [0.29, 0.717) is 11.5 Å². The van der Waals surface area contributed by atoms with E-state index in [-0.39, 0.29) is 5.56 Å². The molecule has 6 nitrogen and oxygen atoms in total. The molecule has 0 radical (unpaired) electrons. The van der Waals surface area contributed by atoms with Crippen LogP contribution in [0.5, 0.6) is 0 Å². The van der Waals surface area contributed by atoms with Gasteiger partial charge in [-0.15, -0.1) is 15.0 Å². The van der Waals surface area contributed by atoms with Crippen molar-refractivity contribution in [3.8, 4) is 5.69 Å². The largest absolute Gasteiger partial charge is 0.478 e. The van der Waals surface area contributed by atoms with Gasteiger partial charge in [0.2, 0.25) is 0 Å². The number of rotatable bonds is 2. The monoisotopic (exact) mass is 204 g/mol. The Bertz CT molecular complexity index is 506. The maximum Gasteiger partial charge on any atom is 0.335 e. The van der Waals surface area contributed by atoms with Crippen LogP contribution in [0, 0.1) is 6.92 Å². The lowest BCUT2D eigenvalue weighted by Gasteiger charge is -1.99. The van der Waals surface area contributed by atoms with Crippen LogP contribution in [0.15, 0.2) is 24.3 Å². The first-order chi connectivity index (χ1) is 7.16. The smallest absolute Gasteiger partial charge is 0.335 e. The number of carboxylic acids is 1. The van der Waals surface area contributed by atoms with Gasteiger partial charge in [-0.3, -0.25) is 0 Å². The molecule has 1 N–H and O–H groups in total. The average Bonchev–Trinajstić information content (AvgIpc) is 2.65. The van der Waals surface area contributed by atoms with Crippen LogP contribution in [0.1, 0.15) is 16.2 Å². The first-order valence-electron chi connectivity index (χ1n) is 4.27. The molecule has 0 saturated heterocycles. The number of aryl methyl sites for hydroxylation is 1. The number of aromatic nitrogens is 4. The van der Waals surface area contributed by atoms with Crippen molar-refractivity contribution in [2.24, 2.45) is 0 Å². The minimum Gasteiger partial charge on any atom is -0.478 e. The second-order valence-corrected chi connectivity index (χ2v) is 2.98.